The molecule has 1 aromatic carbocycles. The van der Waals surface area contributed by atoms with Crippen LogP contribution in [-0.4, -0.2) is 23.4 Å². The van der Waals surface area contributed by atoms with Gasteiger partial charge < -0.3 is 10.0 Å². The Hall–Kier alpha value is -0.705. The molecule has 0 aromatic heterocycles. The van der Waals surface area contributed by atoms with Crippen LogP contribution in [0.5, 0.6) is 0 Å². The zero-order valence-electron chi connectivity index (χ0n) is 7.34. The Morgan fingerprint density at radius 1 is 1.23 bits per heavy atom. The van der Waals surface area contributed by atoms with Gasteiger partial charge in [-0.15, -0.1) is 11.8 Å². The lowest BCUT2D eigenvalue weighted by Crippen LogP contribution is -2.05. The van der Waals surface area contributed by atoms with E-state index in [1.807, 2.05) is 30.5 Å². The molecular formula is C9H11BO2S. The minimum Gasteiger partial charge on any atom is -0.424 e. The topological polar surface area (TPSA) is 40.5 Å². The molecule has 0 heterocycles. The van der Waals surface area contributed by atoms with E-state index in [0.717, 1.165) is 5.56 Å². The highest BCUT2D eigenvalue weighted by Crippen LogP contribution is 2.15. The molecule has 2 nitrogen and oxygen atoms in total. The maximum atomic E-state index is 8.58. The number of rotatable bonds is 3. The van der Waals surface area contributed by atoms with E-state index >= 15 is 0 Å². The van der Waals surface area contributed by atoms with Crippen molar-refractivity contribution in [1.29, 1.82) is 0 Å². The molecule has 0 saturated carbocycles. The van der Waals surface area contributed by atoms with Gasteiger partial charge >= 0.3 is 7.12 Å². The molecule has 0 aliphatic rings. The predicted octanol–water partition coefficient (Wildman–Crippen LogP) is 1.43. The lowest BCUT2D eigenvalue weighted by molar-refractivity contribution is 0.424. The molecule has 0 amide bonds. The van der Waals surface area contributed by atoms with Gasteiger partial charge in [-0.2, -0.15) is 0 Å². The fourth-order valence-electron chi connectivity index (χ4n) is 0.912. The smallest absolute Gasteiger partial charge is 0.424 e. The van der Waals surface area contributed by atoms with Crippen LogP contribution in [0.1, 0.15) is 5.56 Å². The van der Waals surface area contributed by atoms with Crippen molar-refractivity contribution in [3.63, 3.8) is 0 Å². The van der Waals surface area contributed by atoms with Crippen molar-refractivity contribution >= 4 is 25.0 Å². The van der Waals surface area contributed by atoms with Crippen LogP contribution in [0.15, 0.2) is 35.1 Å². The molecule has 0 atom stereocenters. The van der Waals surface area contributed by atoms with Crippen molar-refractivity contribution < 1.29 is 10.0 Å². The summed E-state index contributed by atoms with van der Waals surface area (Å²) in [5.41, 5.74) is 0.964. The molecule has 4 heteroatoms. The highest BCUT2D eigenvalue weighted by atomic mass is 32.2. The third kappa shape index (κ3) is 3.68. The number of hydrogen-bond acceptors (Lipinski definition) is 3. The van der Waals surface area contributed by atoms with Crippen molar-refractivity contribution in [2.24, 2.45) is 0 Å². The molecule has 0 bridgehead atoms. The van der Waals surface area contributed by atoms with Crippen LogP contribution in [0.25, 0.3) is 6.08 Å². The van der Waals surface area contributed by atoms with Gasteiger partial charge in [0, 0.05) is 4.90 Å². The molecule has 0 radical (unpaired) electrons. The van der Waals surface area contributed by atoms with E-state index in [9.17, 15) is 0 Å². The van der Waals surface area contributed by atoms with Gasteiger partial charge in [-0.05, 0) is 24.0 Å². The largest absolute Gasteiger partial charge is 0.480 e. The van der Waals surface area contributed by atoms with Gasteiger partial charge in [0.1, 0.15) is 0 Å². The molecule has 0 unspecified atom stereocenters. The summed E-state index contributed by atoms with van der Waals surface area (Å²) in [6.45, 7) is 0. The minimum absolute atomic E-state index is 0.964. The van der Waals surface area contributed by atoms with Crippen molar-refractivity contribution in [2.45, 2.75) is 4.90 Å². The maximum absolute atomic E-state index is 8.58. The van der Waals surface area contributed by atoms with Crippen LogP contribution in [0.2, 0.25) is 0 Å². The second-order valence-electron chi connectivity index (χ2n) is 2.55. The Morgan fingerprint density at radius 2 is 1.85 bits per heavy atom. The highest BCUT2D eigenvalue weighted by molar-refractivity contribution is 7.98. The Bertz CT molecular complexity index is 282. The third-order valence-corrected chi connectivity index (χ3v) is 2.32. The molecular weight excluding hydrogens is 183 g/mol. The summed E-state index contributed by atoms with van der Waals surface area (Å²) in [6, 6.07) is 7.86. The lowest BCUT2D eigenvalue weighted by atomic mass is 9.91. The molecule has 0 aliphatic carbocycles. The zero-order chi connectivity index (χ0) is 9.68. The van der Waals surface area contributed by atoms with Gasteiger partial charge in [-0.1, -0.05) is 24.2 Å². The first-order valence-corrected chi connectivity index (χ1v) is 5.13. The van der Waals surface area contributed by atoms with E-state index < -0.39 is 7.12 Å². The van der Waals surface area contributed by atoms with E-state index in [1.165, 1.54) is 10.9 Å². The van der Waals surface area contributed by atoms with Crippen molar-refractivity contribution in [3.05, 3.63) is 35.8 Å². The maximum Gasteiger partial charge on any atom is 0.480 e. The average molecular weight is 194 g/mol. The summed E-state index contributed by atoms with van der Waals surface area (Å²) in [4.78, 5) is 1.20. The molecule has 0 spiro atoms. The summed E-state index contributed by atoms with van der Waals surface area (Å²) in [5.74, 6) is 1.33. The summed E-state index contributed by atoms with van der Waals surface area (Å²) >= 11 is 1.68. The fraction of sp³-hybridized carbons (Fsp3) is 0.111. The first-order chi connectivity index (χ1) is 6.22. The Morgan fingerprint density at radius 3 is 2.31 bits per heavy atom. The first-order valence-electron chi connectivity index (χ1n) is 3.91. The second kappa shape index (κ2) is 5.12. The van der Waals surface area contributed by atoms with E-state index in [1.54, 1.807) is 17.8 Å². The molecule has 1 rings (SSSR count). The summed E-state index contributed by atoms with van der Waals surface area (Å²) in [7, 11) is -1.37. The zero-order valence-corrected chi connectivity index (χ0v) is 8.16. The number of thioether (sulfide) groups is 1. The van der Waals surface area contributed by atoms with Gasteiger partial charge in [-0.25, -0.2) is 0 Å². The van der Waals surface area contributed by atoms with Crippen molar-refractivity contribution in [3.8, 4) is 0 Å². The van der Waals surface area contributed by atoms with Crippen LogP contribution in [0.3, 0.4) is 0 Å². The van der Waals surface area contributed by atoms with Crippen LogP contribution in [-0.2, 0) is 0 Å². The van der Waals surface area contributed by atoms with Crippen molar-refractivity contribution in [1.82, 2.24) is 0 Å². The van der Waals surface area contributed by atoms with Gasteiger partial charge in [0.2, 0.25) is 0 Å². The van der Waals surface area contributed by atoms with Gasteiger partial charge in [0.25, 0.3) is 0 Å². The Labute approximate surface area is 82.4 Å². The average Bonchev–Trinajstić information content (AvgIpc) is 2.15. The minimum atomic E-state index is -1.37. The summed E-state index contributed by atoms with van der Waals surface area (Å²) in [6.07, 6.45) is 3.69. The molecule has 2 N–H and O–H groups in total. The van der Waals surface area contributed by atoms with E-state index in [-0.39, 0.29) is 0 Å². The Balaban J connectivity index is 2.69. The number of benzene rings is 1. The standard InChI is InChI=1S/C9H11BO2S/c1-13-9-4-2-8(3-5-9)6-7-10(11)12/h2-7,11-12H,1H3/b7-6+. The quantitative estimate of drug-likeness (QED) is 0.564. The van der Waals surface area contributed by atoms with Crippen molar-refractivity contribution in [2.75, 3.05) is 6.26 Å². The van der Waals surface area contributed by atoms with Gasteiger partial charge in [-0.3, -0.25) is 0 Å². The first kappa shape index (κ1) is 10.4. The molecule has 68 valence electrons. The monoisotopic (exact) mass is 194 g/mol. The van der Waals surface area contributed by atoms with Crippen LogP contribution in [0, 0.1) is 0 Å². The van der Waals surface area contributed by atoms with Gasteiger partial charge in [0.05, 0.1) is 0 Å². The highest BCUT2D eigenvalue weighted by Gasteiger charge is 1.97. The lowest BCUT2D eigenvalue weighted by Gasteiger charge is -1.96. The number of hydrogen-bond donors (Lipinski definition) is 2. The van der Waals surface area contributed by atoms with Crippen LogP contribution >= 0.6 is 11.8 Å². The second-order valence-corrected chi connectivity index (χ2v) is 3.43. The molecule has 1 aromatic rings. The molecule has 0 saturated heterocycles. The van der Waals surface area contributed by atoms with Crippen LogP contribution < -0.4 is 0 Å². The van der Waals surface area contributed by atoms with E-state index in [2.05, 4.69) is 0 Å². The van der Waals surface area contributed by atoms with E-state index in [0.29, 0.717) is 0 Å². The third-order valence-electron chi connectivity index (χ3n) is 1.58. The van der Waals surface area contributed by atoms with E-state index in [4.69, 9.17) is 10.0 Å². The SMILES string of the molecule is CSc1ccc(/C=C/B(O)O)cc1. The van der Waals surface area contributed by atoms with Gasteiger partial charge in [0.15, 0.2) is 0 Å². The molecule has 0 fully saturated rings. The Kier molecular flexibility index (Phi) is 4.08. The van der Waals surface area contributed by atoms with Crippen LogP contribution in [0.4, 0.5) is 0 Å². The normalized spacial score (nSPS) is 10.7. The molecule has 0 aliphatic heterocycles. The predicted molar refractivity (Wildman–Crippen MR) is 57.4 cm³/mol. The summed E-state index contributed by atoms with van der Waals surface area (Å²) < 4.78 is 0. The molecule has 13 heavy (non-hydrogen) atoms. The summed E-state index contributed by atoms with van der Waals surface area (Å²) in [5, 5.41) is 17.2. The fourth-order valence-corrected chi connectivity index (χ4v) is 1.32.